The Balaban J connectivity index is 2.06. The first-order chi connectivity index (χ1) is 9.60. The van der Waals surface area contributed by atoms with E-state index < -0.39 is 10.8 Å². The van der Waals surface area contributed by atoms with Gasteiger partial charge in [0, 0.05) is 16.7 Å². The molecule has 0 aliphatic heterocycles. The number of hydrogen-bond donors (Lipinski definition) is 1. The van der Waals surface area contributed by atoms with E-state index in [9.17, 15) is 8.60 Å². The molecule has 0 saturated carbocycles. The normalized spacial score (nSPS) is 13.9. The summed E-state index contributed by atoms with van der Waals surface area (Å²) in [5.41, 5.74) is 8.27. The predicted molar refractivity (Wildman–Crippen MR) is 80.4 cm³/mol. The highest BCUT2D eigenvalue weighted by Crippen LogP contribution is 2.17. The molecule has 2 atom stereocenters. The van der Waals surface area contributed by atoms with Gasteiger partial charge in [-0.2, -0.15) is 0 Å². The van der Waals surface area contributed by atoms with Crippen LogP contribution in [0.1, 0.15) is 24.1 Å². The van der Waals surface area contributed by atoms with Crippen molar-refractivity contribution < 1.29 is 8.60 Å². The molecular weight excluding hydrogens is 273 g/mol. The number of hydrogen-bond acceptors (Lipinski definition) is 2. The van der Waals surface area contributed by atoms with Crippen LogP contribution in [0.25, 0.3) is 0 Å². The predicted octanol–water partition coefficient (Wildman–Crippen LogP) is 3.20. The monoisotopic (exact) mass is 291 g/mol. The van der Waals surface area contributed by atoms with Crippen molar-refractivity contribution in [3.05, 3.63) is 65.5 Å². The van der Waals surface area contributed by atoms with Crippen molar-refractivity contribution in [3.63, 3.8) is 0 Å². The van der Waals surface area contributed by atoms with Gasteiger partial charge in [-0.25, -0.2) is 4.39 Å². The summed E-state index contributed by atoms with van der Waals surface area (Å²) in [4.78, 5) is 0.477. The van der Waals surface area contributed by atoms with Gasteiger partial charge in [0.25, 0.3) is 0 Å². The zero-order chi connectivity index (χ0) is 14.5. The van der Waals surface area contributed by atoms with Crippen molar-refractivity contribution in [1.29, 1.82) is 0 Å². The summed E-state index contributed by atoms with van der Waals surface area (Å²) >= 11 is 0. The first-order valence-corrected chi connectivity index (χ1v) is 7.90. The molecule has 2 unspecified atom stereocenters. The average molecular weight is 291 g/mol. The van der Waals surface area contributed by atoms with Gasteiger partial charge in [-0.3, -0.25) is 4.21 Å². The lowest BCUT2D eigenvalue weighted by atomic mass is 10.1. The third kappa shape index (κ3) is 3.74. The lowest BCUT2D eigenvalue weighted by Gasteiger charge is -2.12. The first kappa shape index (κ1) is 14.9. The third-order valence-corrected chi connectivity index (χ3v) is 4.65. The second-order valence-electron chi connectivity index (χ2n) is 4.67. The molecule has 106 valence electrons. The van der Waals surface area contributed by atoms with Crippen molar-refractivity contribution >= 4 is 10.8 Å². The molecule has 2 rings (SSSR count). The molecule has 2 N–H and O–H groups in total. The maximum Gasteiger partial charge on any atom is 0.124 e. The fourth-order valence-corrected chi connectivity index (χ4v) is 3.15. The van der Waals surface area contributed by atoms with Gasteiger partial charge < -0.3 is 5.73 Å². The molecule has 2 aromatic rings. The Morgan fingerprint density at radius 2 is 1.90 bits per heavy atom. The Morgan fingerprint density at radius 1 is 1.20 bits per heavy atom. The third-order valence-electron chi connectivity index (χ3n) is 3.21. The molecule has 0 spiro atoms. The summed E-state index contributed by atoms with van der Waals surface area (Å²) in [6.45, 7) is 2.09. The quantitative estimate of drug-likeness (QED) is 0.919. The van der Waals surface area contributed by atoms with Crippen LogP contribution in [0.5, 0.6) is 0 Å². The summed E-state index contributed by atoms with van der Waals surface area (Å²) in [6, 6.07) is 13.5. The van der Waals surface area contributed by atoms with Crippen LogP contribution in [-0.2, 0) is 17.2 Å². The Bertz CT molecular complexity index is 598. The Morgan fingerprint density at radius 3 is 2.50 bits per heavy atom. The summed E-state index contributed by atoms with van der Waals surface area (Å²) in [7, 11) is -1.30. The van der Waals surface area contributed by atoms with Crippen LogP contribution in [-0.4, -0.2) is 9.96 Å². The lowest BCUT2D eigenvalue weighted by molar-refractivity contribution is 0.622. The minimum atomic E-state index is -1.30. The zero-order valence-electron chi connectivity index (χ0n) is 11.4. The van der Waals surface area contributed by atoms with E-state index in [1.54, 1.807) is 12.1 Å². The van der Waals surface area contributed by atoms with Crippen molar-refractivity contribution in [3.8, 4) is 0 Å². The van der Waals surface area contributed by atoms with E-state index in [4.69, 9.17) is 5.73 Å². The minimum absolute atomic E-state index is 0.287. The fraction of sp³-hybridized carbons (Fsp3) is 0.250. The topological polar surface area (TPSA) is 43.1 Å². The van der Waals surface area contributed by atoms with Crippen molar-refractivity contribution in [2.45, 2.75) is 24.3 Å². The number of halogens is 1. The molecular formula is C16H18FNOS. The van der Waals surface area contributed by atoms with E-state index in [0.29, 0.717) is 4.90 Å². The zero-order valence-corrected chi connectivity index (χ0v) is 12.2. The number of nitrogens with two attached hydrogens (primary N) is 1. The van der Waals surface area contributed by atoms with Crippen molar-refractivity contribution in [2.75, 3.05) is 5.75 Å². The van der Waals surface area contributed by atoms with E-state index in [1.165, 1.54) is 17.7 Å². The van der Waals surface area contributed by atoms with Gasteiger partial charge in [0.1, 0.15) is 5.82 Å². The second-order valence-corrected chi connectivity index (χ2v) is 6.17. The van der Waals surface area contributed by atoms with Crippen molar-refractivity contribution in [2.24, 2.45) is 5.73 Å². The van der Waals surface area contributed by atoms with Crippen LogP contribution < -0.4 is 5.73 Å². The average Bonchev–Trinajstić information content (AvgIpc) is 2.47. The molecule has 0 saturated heterocycles. The van der Waals surface area contributed by atoms with Gasteiger partial charge in [0.05, 0.1) is 10.8 Å². The molecule has 0 radical (unpaired) electrons. The molecule has 0 aliphatic carbocycles. The molecule has 2 aromatic carbocycles. The first-order valence-electron chi connectivity index (χ1n) is 6.58. The highest BCUT2D eigenvalue weighted by atomic mass is 32.2. The Labute approximate surface area is 121 Å². The molecule has 0 aromatic heterocycles. The van der Waals surface area contributed by atoms with Crippen LogP contribution in [0, 0.1) is 5.82 Å². The summed E-state index contributed by atoms with van der Waals surface area (Å²) in [5.74, 6) is -0.0914. The van der Waals surface area contributed by atoms with Crippen LogP contribution >= 0.6 is 0 Å². The fourth-order valence-electron chi connectivity index (χ4n) is 1.96. The molecule has 0 bridgehead atoms. The maximum absolute atomic E-state index is 13.1. The number of benzene rings is 2. The Hall–Kier alpha value is -1.52. The van der Waals surface area contributed by atoms with E-state index in [-0.39, 0.29) is 17.6 Å². The number of aryl methyl sites for hydroxylation is 1. The van der Waals surface area contributed by atoms with E-state index in [1.807, 2.05) is 24.3 Å². The second kappa shape index (κ2) is 6.77. The Kier molecular flexibility index (Phi) is 5.04. The van der Waals surface area contributed by atoms with Gasteiger partial charge in [0.15, 0.2) is 0 Å². The van der Waals surface area contributed by atoms with E-state index in [2.05, 4.69) is 6.92 Å². The van der Waals surface area contributed by atoms with Gasteiger partial charge in [-0.05, 0) is 35.7 Å². The summed E-state index contributed by atoms with van der Waals surface area (Å²) in [5, 5.41) is 0. The standard InChI is InChI=1S/C16H18FNOS/c1-2-12-6-8-13(9-7-12)16(18)11-20(19)15-5-3-4-14(17)10-15/h3-10,16H,2,11,18H2,1H3. The summed E-state index contributed by atoms with van der Waals surface area (Å²) in [6.07, 6.45) is 0.977. The van der Waals surface area contributed by atoms with Gasteiger partial charge >= 0.3 is 0 Å². The molecule has 2 nitrogen and oxygen atoms in total. The largest absolute Gasteiger partial charge is 0.323 e. The van der Waals surface area contributed by atoms with Gasteiger partial charge in [-0.1, -0.05) is 37.3 Å². The lowest BCUT2D eigenvalue weighted by Crippen LogP contribution is -2.18. The molecule has 0 heterocycles. The number of rotatable bonds is 5. The smallest absolute Gasteiger partial charge is 0.124 e. The molecule has 0 aliphatic rings. The molecule has 0 amide bonds. The van der Waals surface area contributed by atoms with Crippen molar-refractivity contribution in [1.82, 2.24) is 0 Å². The molecule has 4 heteroatoms. The van der Waals surface area contributed by atoms with Crippen LogP contribution in [0.2, 0.25) is 0 Å². The SMILES string of the molecule is CCc1ccc(C(N)CS(=O)c2cccc(F)c2)cc1. The molecule has 20 heavy (non-hydrogen) atoms. The van der Waals surface area contributed by atoms with Crippen LogP contribution in [0.15, 0.2) is 53.4 Å². The molecule has 0 fully saturated rings. The highest BCUT2D eigenvalue weighted by molar-refractivity contribution is 7.85. The highest BCUT2D eigenvalue weighted by Gasteiger charge is 2.12. The van der Waals surface area contributed by atoms with Crippen LogP contribution in [0.3, 0.4) is 0 Å². The summed E-state index contributed by atoms with van der Waals surface area (Å²) < 4.78 is 25.3. The van der Waals surface area contributed by atoms with Crippen LogP contribution in [0.4, 0.5) is 4.39 Å². The van der Waals surface area contributed by atoms with Gasteiger partial charge in [0.2, 0.25) is 0 Å². The minimum Gasteiger partial charge on any atom is -0.323 e. The maximum atomic E-state index is 13.1. The van der Waals surface area contributed by atoms with E-state index in [0.717, 1.165) is 12.0 Å². The van der Waals surface area contributed by atoms with E-state index >= 15 is 0 Å². The van der Waals surface area contributed by atoms with Gasteiger partial charge in [-0.15, -0.1) is 0 Å².